The van der Waals surface area contributed by atoms with E-state index < -0.39 is 0 Å². The van der Waals surface area contributed by atoms with Gasteiger partial charge < -0.3 is 14.2 Å². The summed E-state index contributed by atoms with van der Waals surface area (Å²) in [6, 6.07) is 14.6. The van der Waals surface area contributed by atoms with Gasteiger partial charge in [0.2, 0.25) is 0 Å². The SMILES string of the molecule is Cn1ncc(N=Cc2ccc(-c3cccc(Cl)c3)o2)c1C(=O)NCc1ccco1. The highest BCUT2D eigenvalue weighted by Gasteiger charge is 2.16. The molecule has 29 heavy (non-hydrogen) atoms. The number of benzene rings is 1. The zero-order valence-electron chi connectivity index (χ0n) is 15.5. The minimum Gasteiger partial charge on any atom is -0.467 e. The van der Waals surface area contributed by atoms with Gasteiger partial charge in [0, 0.05) is 17.6 Å². The molecule has 3 aromatic heterocycles. The maximum absolute atomic E-state index is 12.6. The number of nitrogens with one attached hydrogen (secondary N) is 1. The third kappa shape index (κ3) is 4.30. The molecule has 8 heteroatoms. The zero-order valence-corrected chi connectivity index (χ0v) is 16.3. The lowest BCUT2D eigenvalue weighted by molar-refractivity contribution is 0.0939. The second-order valence-corrected chi connectivity index (χ2v) is 6.67. The third-order valence-corrected chi connectivity index (χ3v) is 4.44. The Labute approximate surface area is 171 Å². The molecule has 0 aliphatic rings. The van der Waals surface area contributed by atoms with Gasteiger partial charge in [-0.2, -0.15) is 5.10 Å². The Morgan fingerprint density at radius 3 is 2.97 bits per heavy atom. The maximum atomic E-state index is 12.6. The van der Waals surface area contributed by atoms with E-state index in [1.165, 1.54) is 10.9 Å². The van der Waals surface area contributed by atoms with E-state index in [-0.39, 0.29) is 12.5 Å². The molecule has 0 radical (unpaired) electrons. The predicted octanol–water partition coefficient (Wildman–Crippen LogP) is 4.61. The molecule has 1 N–H and O–H groups in total. The number of nitrogens with zero attached hydrogens (tertiary/aromatic N) is 3. The lowest BCUT2D eigenvalue weighted by Gasteiger charge is -2.04. The molecular formula is C21H17ClN4O3. The van der Waals surface area contributed by atoms with Crippen LogP contribution in [0.5, 0.6) is 0 Å². The van der Waals surface area contributed by atoms with Crippen LogP contribution < -0.4 is 5.32 Å². The molecular weight excluding hydrogens is 392 g/mol. The van der Waals surface area contributed by atoms with Crippen LogP contribution in [0, 0.1) is 0 Å². The largest absolute Gasteiger partial charge is 0.467 e. The fourth-order valence-electron chi connectivity index (χ4n) is 2.80. The summed E-state index contributed by atoms with van der Waals surface area (Å²) in [6.45, 7) is 0.279. The molecule has 146 valence electrons. The average molecular weight is 409 g/mol. The first kappa shape index (κ1) is 18.8. The molecule has 1 aromatic carbocycles. The predicted molar refractivity (Wildman–Crippen MR) is 109 cm³/mol. The fourth-order valence-corrected chi connectivity index (χ4v) is 2.99. The van der Waals surface area contributed by atoms with Crippen molar-refractivity contribution in [2.45, 2.75) is 6.54 Å². The summed E-state index contributed by atoms with van der Waals surface area (Å²) in [4.78, 5) is 16.9. The molecule has 3 heterocycles. The standard InChI is InChI=1S/C21H17ClN4O3/c1-26-20(21(27)24-11-16-6-3-9-28-16)18(13-25-26)23-12-17-7-8-19(29-17)14-4-2-5-15(22)10-14/h2-10,12-13H,11H2,1H3,(H,24,27). The number of rotatable bonds is 6. The normalized spacial score (nSPS) is 11.2. The number of carbonyl (C=O) groups is 1. The van der Waals surface area contributed by atoms with Crippen LogP contribution in [-0.2, 0) is 13.6 Å². The van der Waals surface area contributed by atoms with Crippen LogP contribution >= 0.6 is 11.6 Å². The Morgan fingerprint density at radius 1 is 1.28 bits per heavy atom. The van der Waals surface area contributed by atoms with Crippen molar-refractivity contribution in [2.24, 2.45) is 12.0 Å². The van der Waals surface area contributed by atoms with E-state index in [9.17, 15) is 4.79 Å². The minimum atomic E-state index is -0.299. The molecule has 0 fully saturated rings. The molecule has 0 aliphatic carbocycles. The molecule has 0 atom stereocenters. The van der Waals surface area contributed by atoms with Crippen molar-refractivity contribution in [2.75, 3.05) is 0 Å². The monoisotopic (exact) mass is 408 g/mol. The van der Waals surface area contributed by atoms with E-state index in [4.69, 9.17) is 20.4 Å². The van der Waals surface area contributed by atoms with E-state index in [2.05, 4.69) is 15.4 Å². The Morgan fingerprint density at radius 2 is 2.17 bits per heavy atom. The van der Waals surface area contributed by atoms with Crippen LogP contribution in [0.25, 0.3) is 11.3 Å². The second kappa shape index (κ2) is 8.20. The first-order valence-electron chi connectivity index (χ1n) is 8.82. The summed E-state index contributed by atoms with van der Waals surface area (Å²) in [5.74, 6) is 1.59. The van der Waals surface area contributed by atoms with Crippen LogP contribution in [0.2, 0.25) is 5.02 Å². The lowest BCUT2D eigenvalue weighted by atomic mass is 10.2. The molecule has 0 saturated carbocycles. The number of amides is 1. The average Bonchev–Trinajstić information content (AvgIpc) is 3.46. The van der Waals surface area contributed by atoms with Crippen molar-refractivity contribution >= 4 is 29.4 Å². The van der Waals surface area contributed by atoms with Gasteiger partial charge in [-0.15, -0.1) is 0 Å². The van der Waals surface area contributed by atoms with Crippen molar-refractivity contribution in [1.82, 2.24) is 15.1 Å². The summed E-state index contributed by atoms with van der Waals surface area (Å²) in [7, 11) is 1.69. The van der Waals surface area contributed by atoms with Gasteiger partial charge in [-0.25, -0.2) is 4.99 Å². The van der Waals surface area contributed by atoms with Crippen molar-refractivity contribution in [3.63, 3.8) is 0 Å². The van der Waals surface area contributed by atoms with Crippen LogP contribution in [0.1, 0.15) is 22.0 Å². The van der Waals surface area contributed by atoms with Gasteiger partial charge >= 0.3 is 0 Å². The van der Waals surface area contributed by atoms with Crippen molar-refractivity contribution in [3.05, 3.63) is 83.2 Å². The van der Waals surface area contributed by atoms with Crippen molar-refractivity contribution < 1.29 is 13.6 Å². The van der Waals surface area contributed by atoms with E-state index >= 15 is 0 Å². The quantitative estimate of drug-likeness (QED) is 0.472. The van der Waals surface area contributed by atoms with Gasteiger partial charge in [-0.3, -0.25) is 9.48 Å². The molecule has 4 aromatic rings. The summed E-state index contributed by atoms with van der Waals surface area (Å²) < 4.78 is 12.5. The van der Waals surface area contributed by atoms with E-state index in [1.54, 1.807) is 43.8 Å². The molecule has 7 nitrogen and oxygen atoms in total. The number of halogens is 1. The highest BCUT2D eigenvalue weighted by molar-refractivity contribution is 6.30. The molecule has 1 amide bonds. The van der Waals surface area contributed by atoms with Crippen molar-refractivity contribution in [3.8, 4) is 11.3 Å². The summed E-state index contributed by atoms with van der Waals surface area (Å²) in [5, 5.41) is 7.56. The second-order valence-electron chi connectivity index (χ2n) is 6.23. The third-order valence-electron chi connectivity index (χ3n) is 4.20. The van der Waals surface area contributed by atoms with Gasteiger partial charge in [-0.05, 0) is 36.4 Å². The number of hydrogen-bond acceptors (Lipinski definition) is 5. The molecule has 0 bridgehead atoms. The Kier molecular flexibility index (Phi) is 5.31. The smallest absolute Gasteiger partial charge is 0.272 e. The molecule has 0 aliphatic heterocycles. The first-order valence-corrected chi connectivity index (χ1v) is 9.20. The van der Waals surface area contributed by atoms with Gasteiger partial charge in [-0.1, -0.05) is 23.7 Å². The summed E-state index contributed by atoms with van der Waals surface area (Å²) in [5.41, 5.74) is 1.65. The number of furan rings is 2. The highest BCUT2D eigenvalue weighted by Crippen LogP contribution is 2.25. The van der Waals surface area contributed by atoms with Gasteiger partial charge in [0.15, 0.2) is 5.69 Å². The topological polar surface area (TPSA) is 85.6 Å². The van der Waals surface area contributed by atoms with Gasteiger partial charge in [0.05, 0.1) is 25.2 Å². The maximum Gasteiger partial charge on any atom is 0.272 e. The van der Waals surface area contributed by atoms with Crippen LogP contribution in [-0.4, -0.2) is 21.9 Å². The number of hydrogen-bond donors (Lipinski definition) is 1. The van der Waals surface area contributed by atoms with Gasteiger partial charge in [0.25, 0.3) is 5.91 Å². The fraction of sp³-hybridized carbons (Fsp3) is 0.0952. The first-order chi connectivity index (χ1) is 14.1. The highest BCUT2D eigenvalue weighted by atomic mass is 35.5. The van der Waals surface area contributed by atoms with E-state index in [1.807, 2.05) is 24.3 Å². The molecule has 0 unspecified atom stereocenters. The van der Waals surface area contributed by atoms with Gasteiger partial charge in [0.1, 0.15) is 23.0 Å². The number of aromatic nitrogens is 2. The lowest BCUT2D eigenvalue weighted by Crippen LogP contribution is -2.25. The minimum absolute atomic E-state index is 0.279. The summed E-state index contributed by atoms with van der Waals surface area (Å²) in [6.07, 6.45) is 4.63. The molecule has 0 saturated heterocycles. The van der Waals surface area contributed by atoms with Crippen LogP contribution in [0.4, 0.5) is 5.69 Å². The Hall–Kier alpha value is -3.58. The van der Waals surface area contributed by atoms with Crippen LogP contribution in [0.3, 0.4) is 0 Å². The van der Waals surface area contributed by atoms with E-state index in [0.717, 1.165) is 5.56 Å². The zero-order chi connectivity index (χ0) is 20.2. The number of aryl methyl sites for hydroxylation is 1. The number of carbonyl (C=O) groups excluding carboxylic acids is 1. The van der Waals surface area contributed by atoms with Crippen molar-refractivity contribution in [1.29, 1.82) is 0 Å². The molecule has 0 spiro atoms. The molecule has 4 rings (SSSR count). The summed E-state index contributed by atoms with van der Waals surface area (Å²) >= 11 is 6.03. The number of aliphatic imine (C=N–C) groups is 1. The van der Waals surface area contributed by atoms with Crippen LogP contribution in [0.15, 0.2) is 74.8 Å². The Balaban J connectivity index is 1.50. The Bertz CT molecular complexity index is 1160. The van der Waals surface area contributed by atoms with E-state index in [0.29, 0.717) is 33.7 Å².